The number of sulfone groups is 1. The van der Waals surface area contributed by atoms with Crippen LogP contribution in [0.2, 0.25) is 0 Å². The van der Waals surface area contributed by atoms with Crippen molar-refractivity contribution in [3.05, 3.63) is 65.0 Å². The zero-order chi connectivity index (χ0) is 16.7. The Bertz CT molecular complexity index is 1070. The number of nitrogens with zero attached hydrogens (tertiary/aromatic N) is 2. The van der Waals surface area contributed by atoms with Gasteiger partial charge in [-0.2, -0.15) is 0 Å². The van der Waals surface area contributed by atoms with Crippen LogP contribution in [0.3, 0.4) is 0 Å². The first kappa shape index (κ1) is 15.1. The summed E-state index contributed by atoms with van der Waals surface area (Å²) >= 11 is 0. The molecule has 5 nitrogen and oxygen atoms in total. The van der Waals surface area contributed by atoms with Crippen molar-refractivity contribution >= 4 is 20.7 Å². The molecule has 3 aromatic rings. The number of aromatic nitrogens is 2. The number of rotatable bonds is 2. The van der Waals surface area contributed by atoms with E-state index in [9.17, 15) is 13.2 Å². The second kappa shape index (κ2) is 5.56. The van der Waals surface area contributed by atoms with Gasteiger partial charge in [-0.05, 0) is 18.6 Å². The molecule has 1 aliphatic heterocycles. The van der Waals surface area contributed by atoms with E-state index in [4.69, 9.17) is 0 Å². The third-order valence-corrected chi connectivity index (χ3v) is 6.16. The maximum atomic E-state index is 13.0. The van der Waals surface area contributed by atoms with E-state index < -0.39 is 9.84 Å². The Hall–Kier alpha value is -2.47. The fraction of sp³-hybridized carbons (Fsp3) is 0.222. The second-order valence-electron chi connectivity index (χ2n) is 6.05. The van der Waals surface area contributed by atoms with Crippen molar-refractivity contribution in [3.63, 3.8) is 0 Å². The predicted octanol–water partition coefficient (Wildman–Crippen LogP) is 2.42. The minimum Gasteiger partial charge on any atom is -0.288 e. The van der Waals surface area contributed by atoms with Crippen LogP contribution in [-0.2, 0) is 9.84 Å². The zero-order valence-electron chi connectivity index (χ0n) is 12.9. The van der Waals surface area contributed by atoms with E-state index in [0.717, 1.165) is 5.56 Å². The average molecular weight is 340 g/mol. The number of para-hydroxylation sites is 1. The van der Waals surface area contributed by atoms with E-state index in [1.54, 1.807) is 22.8 Å². The van der Waals surface area contributed by atoms with Crippen molar-refractivity contribution in [1.82, 2.24) is 9.55 Å². The maximum absolute atomic E-state index is 13.0. The summed E-state index contributed by atoms with van der Waals surface area (Å²) < 4.78 is 25.4. The first-order valence-electron chi connectivity index (χ1n) is 7.82. The van der Waals surface area contributed by atoms with E-state index >= 15 is 0 Å². The van der Waals surface area contributed by atoms with Crippen LogP contribution >= 0.6 is 0 Å². The molecule has 0 N–H and O–H groups in total. The van der Waals surface area contributed by atoms with Gasteiger partial charge >= 0.3 is 0 Å². The van der Waals surface area contributed by atoms with Crippen LogP contribution in [0.25, 0.3) is 22.3 Å². The normalized spacial score (nSPS) is 19.6. The number of fused-ring (bicyclic) bond motifs is 1. The predicted molar refractivity (Wildman–Crippen MR) is 93.7 cm³/mol. The monoisotopic (exact) mass is 340 g/mol. The van der Waals surface area contributed by atoms with Gasteiger partial charge in [-0.25, -0.2) is 13.4 Å². The van der Waals surface area contributed by atoms with E-state index in [-0.39, 0.29) is 23.1 Å². The molecular weight excluding hydrogens is 324 g/mol. The molecule has 0 radical (unpaired) electrons. The van der Waals surface area contributed by atoms with Gasteiger partial charge in [0.2, 0.25) is 0 Å². The molecule has 2 aromatic carbocycles. The van der Waals surface area contributed by atoms with Gasteiger partial charge < -0.3 is 0 Å². The van der Waals surface area contributed by atoms with Crippen molar-refractivity contribution in [2.45, 2.75) is 12.5 Å². The minimum atomic E-state index is -3.10. The molecule has 0 unspecified atom stereocenters. The summed E-state index contributed by atoms with van der Waals surface area (Å²) in [5.74, 6) is 0.638. The van der Waals surface area contributed by atoms with Gasteiger partial charge in [0, 0.05) is 5.56 Å². The van der Waals surface area contributed by atoms with Gasteiger partial charge in [0.15, 0.2) is 9.84 Å². The molecule has 1 aromatic heterocycles. The lowest BCUT2D eigenvalue weighted by Gasteiger charge is -2.18. The lowest BCUT2D eigenvalue weighted by Crippen LogP contribution is -2.28. The topological polar surface area (TPSA) is 69.0 Å². The molecule has 4 rings (SSSR count). The molecule has 122 valence electrons. The highest BCUT2D eigenvalue weighted by Gasteiger charge is 2.32. The van der Waals surface area contributed by atoms with Gasteiger partial charge in [-0.15, -0.1) is 0 Å². The molecule has 24 heavy (non-hydrogen) atoms. The Kier molecular flexibility index (Phi) is 3.49. The third-order valence-electron chi connectivity index (χ3n) is 4.41. The molecule has 1 fully saturated rings. The number of benzene rings is 2. The summed E-state index contributed by atoms with van der Waals surface area (Å²) in [6.45, 7) is 0. The van der Waals surface area contributed by atoms with Crippen molar-refractivity contribution in [2.75, 3.05) is 11.5 Å². The van der Waals surface area contributed by atoms with Crippen molar-refractivity contribution in [2.24, 2.45) is 0 Å². The first-order chi connectivity index (χ1) is 11.6. The van der Waals surface area contributed by atoms with E-state index in [0.29, 0.717) is 23.1 Å². The average Bonchev–Trinajstić information content (AvgIpc) is 2.95. The van der Waals surface area contributed by atoms with E-state index in [2.05, 4.69) is 4.98 Å². The van der Waals surface area contributed by atoms with Crippen LogP contribution in [0, 0.1) is 0 Å². The molecule has 0 spiro atoms. The van der Waals surface area contributed by atoms with Gasteiger partial charge in [0.05, 0.1) is 28.5 Å². The highest BCUT2D eigenvalue weighted by atomic mass is 32.2. The summed E-state index contributed by atoms with van der Waals surface area (Å²) in [6.07, 6.45) is 0.447. The number of hydrogen-bond acceptors (Lipinski definition) is 4. The van der Waals surface area contributed by atoms with Crippen LogP contribution in [0.15, 0.2) is 59.4 Å². The molecule has 1 atom stereocenters. The highest BCUT2D eigenvalue weighted by Crippen LogP contribution is 2.28. The lowest BCUT2D eigenvalue weighted by molar-refractivity contribution is 0.541. The standard InChI is InChI=1S/C18H16N2O3S/c21-18-15-8-4-5-9-16(15)19-17(13-6-2-1-3-7-13)20(18)14-10-11-24(22,23)12-14/h1-9,14H,10-12H2/t14-/m0/s1. The Morgan fingerprint density at radius 2 is 1.71 bits per heavy atom. The van der Waals surface area contributed by atoms with Crippen LogP contribution in [0.1, 0.15) is 12.5 Å². The van der Waals surface area contributed by atoms with Crippen molar-refractivity contribution in [1.29, 1.82) is 0 Å². The molecule has 2 heterocycles. The number of hydrogen-bond donors (Lipinski definition) is 0. The summed E-state index contributed by atoms with van der Waals surface area (Å²) in [7, 11) is -3.10. The van der Waals surface area contributed by atoms with E-state index in [1.807, 2.05) is 36.4 Å². The lowest BCUT2D eigenvalue weighted by atomic mass is 10.1. The van der Waals surface area contributed by atoms with Crippen molar-refractivity contribution < 1.29 is 8.42 Å². The fourth-order valence-electron chi connectivity index (χ4n) is 3.25. The largest absolute Gasteiger partial charge is 0.288 e. The molecule has 6 heteroatoms. The SMILES string of the molecule is O=c1c2ccccc2nc(-c2ccccc2)n1[C@H]1CCS(=O)(=O)C1. The third kappa shape index (κ3) is 2.53. The summed E-state index contributed by atoms with van der Waals surface area (Å²) in [5.41, 5.74) is 1.25. The summed E-state index contributed by atoms with van der Waals surface area (Å²) in [6, 6.07) is 16.2. The quantitative estimate of drug-likeness (QED) is 0.718. The molecule has 1 aliphatic rings. The Morgan fingerprint density at radius 1 is 1.00 bits per heavy atom. The Labute approximate surface area is 139 Å². The molecule has 0 bridgehead atoms. The molecule has 0 aliphatic carbocycles. The van der Waals surface area contributed by atoms with Crippen LogP contribution < -0.4 is 5.56 Å². The Morgan fingerprint density at radius 3 is 2.42 bits per heavy atom. The molecule has 1 saturated heterocycles. The van der Waals surface area contributed by atoms with Gasteiger partial charge in [-0.1, -0.05) is 42.5 Å². The molecule has 0 saturated carbocycles. The van der Waals surface area contributed by atoms with Crippen LogP contribution in [0.5, 0.6) is 0 Å². The second-order valence-corrected chi connectivity index (χ2v) is 8.28. The Balaban J connectivity index is 2.03. The van der Waals surface area contributed by atoms with E-state index in [1.165, 1.54) is 0 Å². The van der Waals surface area contributed by atoms with Gasteiger partial charge in [0.1, 0.15) is 5.82 Å². The van der Waals surface area contributed by atoms with Crippen LogP contribution in [0.4, 0.5) is 0 Å². The van der Waals surface area contributed by atoms with Crippen LogP contribution in [-0.4, -0.2) is 29.5 Å². The molecule has 0 amide bonds. The van der Waals surface area contributed by atoms with Crippen molar-refractivity contribution in [3.8, 4) is 11.4 Å². The smallest absolute Gasteiger partial charge is 0.261 e. The minimum absolute atomic E-state index is 0.00718. The van der Waals surface area contributed by atoms with Gasteiger partial charge in [-0.3, -0.25) is 9.36 Å². The highest BCUT2D eigenvalue weighted by molar-refractivity contribution is 7.91. The first-order valence-corrected chi connectivity index (χ1v) is 9.64. The fourth-order valence-corrected chi connectivity index (χ4v) is 4.95. The maximum Gasteiger partial charge on any atom is 0.261 e. The van der Waals surface area contributed by atoms with Gasteiger partial charge in [0.25, 0.3) is 5.56 Å². The zero-order valence-corrected chi connectivity index (χ0v) is 13.7. The summed E-state index contributed by atoms with van der Waals surface area (Å²) in [5, 5.41) is 0.515. The molecular formula is C18H16N2O3S. The summed E-state index contributed by atoms with van der Waals surface area (Å²) in [4.78, 5) is 17.7.